The van der Waals surface area contributed by atoms with Crippen LogP contribution in [0.2, 0.25) is 0 Å². The van der Waals surface area contributed by atoms with Gasteiger partial charge < -0.3 is 5.32 Å². The van der Waals surface area contributed by atoms with Crippen molar-refractivity contribution in [3.63, 3.8) is 0 Å². The van der Waals surface area contributed by atoms with E-state index in [2.05, 4.69) is 30.5 Å². The van der Waals surface area contributed by atoms with E-state index < -0.39 is 0 Å². The Morgan fingerprint density at radius 2 is 2.29 bits per heavy atom. The molecule has 0 fully saturated rings. The number of hydrogen-bond acceptors (Lipinski definition) is 6. The number of aryl methyl sites for hydroxylation is 1. The minimum atomic E-state index is -0.106. The van der Waals surface area contributed by atoms with Crippen LogP contribution in [0.3, 0.4) is 0 Å². The molecule has 0 amide bonds. The van der Waals surface area contributed by atoms with Crippen molar-refractivity contribution in [1.82, 2.24) is 25.1 Å². The molecular weight excluding hydrogens is 218 g/mol. The molecule has 0 aliphatic heterocycles. The zero-order valence-electron chi connectivity index (χ0n) is 9.47. The van der Waals surface area contributed by atoms with Gasteiger partial charge in [0, 0.05) is 5.69 Å². The fraction of sp³-hybridized carbons (Fsp3) is 0.300. The average molecular weight is 229 g/mol. The van der Waals surface area contributed by atoms with Gasteiger partial charge in [-0.3, -0.25) is 5.10 Å². The summed E-state index contributed by atoms with van der Waals surface area (Å²) in [5.74, 6) is 1.10. The molecule has 2 heterocycles. The maximum atomic E-state index is 8.81. The van der Waals surface area contributed by atoms with Crippen LogP contribution in [0.1, 0.15) is 30.2 Å². The Bertz CT molecular complexity index is 540. The van der Waals surface area contributed by atoms with Crippen molar-refractivity contribution in [2.45, 2.75) is 19.9 Å². The molecule has 1 atom stereocenters. The number of H-pyrrole nitrogens is 1. The van der Waals surface area contributed by atoms with E-state index >= 15 is 0 Å². The molecule has 17 heavy (non-hydrogen) atoms. The van der Waals surface area contributed by atoms with Crippen LogP contribution < -0.4 is 5.32 Å². The summed E-state index contributed by atoms with van der Waals surface area (Å²) in [5.41, 5.74) is 1.08. The molecule has 0 unspecified atom stereocenters. The molecular formula is C10H11N7. The average Bonchev–Trinajstić information content (AvgIpc) is 2.81. The molecule has 0 bridgehead atoms. The third-order valence-electron chi connectivity index (χ3n) is 2.16. The smallest absolute Gasteiger partial charge is 0.224 e. The lowest BCUT2D eigenvalue weighted by Gasteiger charge is -2.11. The SMILES string of the molecule is Cc1cc(C#N)nc(N[C@@H](C)c2ncn[nH]2)n1. The quantitative estimate of drug-likeness (QED) is 0.812. The zero-order chi connectivity index (χ0) is 12.3. The van der Waals surface area contributed by atoms with E-state index in [9.17, 15) is 0 Å². The lowest BCUT2D eigenvalue weighted by molar-refractivity contribution is 0.780. The number of hydrogen-bond donors (Lipinski definition) is 2. The van der Waals surface area contributed by atoms with Crippen molar-refractivity contribution in [1.29, 1.82) is 5.26 Å². The summed E-state index contributed by atoms with van der Waals surface area (Å²) >= 11 is 0. The van der Waals surface area contributed by atoms with Gasteiger partial charge >= 0.3 is 0 Å². The van der Waals surface area contributed by atoms with Crippen molar-refractivity contribution in [2.75, 3.05) is 5.32 Å². The van der Waals surface area contributed by atoms with E-state index in [1.807, 2.05) is 19.9 Å². The van der Waals surface area contributed by atoms with Crippen LogP contribution in [-0.4, -0.2) is 25.1 Å². The van der Waals surface area contributed by atoms with Gasteiger partial charge in [0.2, 0.25) is 5.95 Å². The van der Waals surface area contributed by atoms with Gasteiger partial charge in [-0.15, -0.1) is 0 Å². The molecule has 7 nitrogen and oxygen atoms in total. The van der Waals surface area contributed by atoms with Crippen molar-refractivity contribution in [2.24, 2.45) is 0 Å². The third-order valence-corrected chi connectivity index (χ3v) is 2.16. The molecule has 0 saturated heterocycles. The Hall–Kier alpha value is -2.49. The van der Waals surface area contributed by atoms with Crippen LogP contribution in [0.4, 0.5) is 5.95 Å². The van der Waals surface area contributed by atoms with Crippen LogP contribution in [0.25, 0.3) is 0 Å². The highest BCUT2D eigenvalue weighted by Gasteiger charge is 2.10. The number of nitriles is 1. The van der Waals surface area contributed by atoms with E-state index in [4.69, 9.17) is 5.26 Å². The third kappa shape index (κ3) is 2.55. The van der Waals surface area contributed by atoms with Gasteiger partial charge in [0.05, 0.1) is 6.04 Å². The Morgan fingerprint density at radius 1 is 1.47 bits per heavy atom. The lowest BCUT2D eigenvalue weighted by atomic mass is 10.3. The summed E-state index contributed by atoms with van der Waals surface area (Å²) in [6, 6.07) is 3.51. The molecule has 0 radical (unpaired) electrons. The van der Waals surface area contributed by atoms with E-state index in [1.54, 1.807) is 6.07 Å². The number of aromatic amines is 1. The molecule has 0 aliphatic carbocycles. The van der Waals surface area contributed by atoms with E-state index in [1.165, 1.54) is 6.33 Å². The van der Waals surface area contributed by atoms with Crippen LogP contribution in [0.5, 0.6) is 0 Å². The van der Waals surface area contributed by atoms with Gasteiger partial charge in [-0.05, 0) is 19.9 Å². The fourth-order valence-electron chi connectivity index (χ4n) is 1.38. The standard InChI is InChI=1S/C10H11N7/c1-6-3-8(4-11)16-10(14-6)15-7(2)9-12-5-13-17-9/h3,5,7H,1-2H3,(H,12,13,17)(H,14,15,16)/t7-/m0/s1. The maximum Gasteiger partial charge on any atom is 0.224 e. The number of rotatable bonds is 3. The second-order valence-electron chi connectivity index (χ2n) is 3.57. The van der Waals surface area contributed by atoms with E-state index in [0.717, 1.165) is 5.69 Å². The summed E-state index contributed by atoms with van der Waals surface area (Å²) in [6.45, 7) is 3.71. The minimum absolute atomic E-state index is 0.106. The summed E-state index contributed by atoms with van der Waals surface area (Å²) in [4.78, 5) is 12.3. The summed E-state index contributed by atoms with van der Waals surface area (Å²) in [6.07, 6.45) is 1.44. The van der Waals surface area contributed by atoms with Crippen molar-refractivity contribution in [3.05, 3.63) is 29.6 Å². The monoisotopic (exact) mass is 229 g/mol. The predicted molar refractivity (Wildman–Crippen MR) is 59.9 cm³/mol. The number of anilines is 1. The number of aromatic nitrogens is 5. The maximum absolute atomic E-state index is 8.81. The summed E-state index contributed by atoms with van der Waals surface area (Å²) in [5, 5.41) is 18.4. The number of nitrogens with zero attached hydrogens (tertiary/aromatic N) is 5. The van der Waals surface area contributed by atoms with Gasteiger partial charge in [0.15, 0.2) is 0 Å². The van der Waals surface area contributed by atoms with Crippen LogP contribution in [-0.2, 0) is 0 Å². The number of nitrogens with one attached hydrogen (secondary N) is 2. The molecule has 2 aromatic heterocycles. The first-order chi connectivity index (χ1) is 8.19. The Kier molecular flexibility index (Phi) is 2.96. The van der Waals surface area contributed by atoms with E-state index in [-0.39, 0.29) is 6.04 Å². The van der Waals surface area contributed by atoms with Gasteiger partial charge in [-0.2, -0.15) is 10.4 Å². The van der Waals surface area contributed by atoms with Gasteiger partial charge in [0.1, 0.15) is 23.9 Å². The van der Waals surface area contributed by atoms with Gasteiger partial charge in [0.25, 0.3) is 0 Å². The normalized spacial score (nSPS) is 11.8. The zero-order valence-corrected chi connectivity index (χ0v) is 9.47. The predicted octanol–water partition coefficient (Wildman–Crippen LogP) is 0.948. The lowest BCUT2D eigenvalue weighted by Crippen LogP contribution is -2.12. The minimum Gasteiger partial charge on any atom is -0.344 e. The first-order valence-corrected chi connectivity index (χ1v) is 5.06. The molecule has 0 saturated carbocycles. The highest BCUT2D eigenvalue weighted by molar-refractivity contribution is 5.34. The fourth-order valence-corrected chi connectivity index (χ4v) is 1.38. The second kappa shape index (κ2) is 4.57. The van der Waals surface area contributed by atoms with Crippen molar-refractivity contribution < 1.29 is 0 Å². The second-order valence-corrected chi connectivity index (χ2v) is 3.57. The topological polar surface area (TPSA) is 103 Å². The summed E-state index contributed by atoms with van der Waals surface area (Å²) in [7, 11) is 0. The van der Waals surface area contributed by atoms with Crippen LogP contribution >= 0.6 is 0 Å². The van der Waals surface area contributed by atoms with Gasteiger partial charge in [-0.1, -0.05) is 0 Å². The Balaban J connectivity index is 2.19. The van der Waals surface area contributed by atoms with E-state index in [0.29, 0.717) is 17.5 Å². The first-order valence-electron chi connectivity index (χ1n) is 5.06. The Labute approximate surface area is 97.9 Å². The first kappa shape index (κ1) is 11.0. The summed E-state index contributed by atoms with van der Waals surface area (Å²) < 4.78 is 0. The van der Waals surface area contributed by atoms with Gasteiger partial charge in [-0.25, -0.2) is 15.0 Å². The highest BCUT2D eigenvalue weighted by Crippen LogP contribution is 2.12. The highest BCUT2D eigenvalue weighted by atomic mass is 15.2. The molecule has 7 heteroatoms. The van der Waals surface area contributed by atoms with Crippen molar-refractivity contribution in [3.8, 4) is 6.07 Å². The molecule has 2 N–H and O–H groups in total. The molecule has 0 aromatic carbocycles. The molecule has 2 aromatic rings. The largest absolute Gasteiger partial charge is 0.344 e. The molecule has 0 aliphatic rings. The van der Waals surface area contributed by atoms with Crippen LogP contribution in [0, 0.1) is 18.3 Å². The molecule has 2 rings (SSSR count). The molecule has 0 spiro atoms. The molecule has 86 valence electrons. The van der Waals surface area contributed by atoms with Crippen molar-refractivity contribution >= 4 is 5.95 Å². The Morgan fingerprint density at radius 3 is 2.94 bits per heavy atom. The van der Waals surface area contributed by atoms with Crippen LogP contribution in [0.15, 0.2) is 12.4 Å².